The van der Waals surface area contributed by atoms with Crippen LogP contribution >= 0.6 is 11.6 Å². The second-order valence-electron chi connectivity index (χ2n) is 5.69. The number of carbonyl (C=O) groups is 1. The number of nitrogens with zero attached hydrogens (tertiary/aromatic N) is 3. The van der Waals surface area contributed by atoms with E-state index in [2.05, 4.69) is 10.3 Å². The molecule has 0 bridgehead atoms. The van der Waals surface area contributed by atoms with E-state index in [4.69, 9.17) is 16.3 Å². The molecule has 3 rings (SSSR count). The number of aromatic nitrogens is 3. The lowest BCUT2D eigenvalue weighted by Crippen LogP contribution is -2.09. The van der Waals surface area contributed by atoms with Gasteiger partial charge in [0.1, 0.15) is 6.61 Å². The first-order valence-corrected chi connectivity index (χ1v) is 8.15. The van der Waals surface area contributed by atoms with Gasteiger partial charge in [-0.05, 0) is 48.9 Å². The van der Waals surface area contributed by atoms with E-state index in [0.29, 0.717) is 16.4 Å². The van der Waals surface area contributed by atoms with Crippen LogP contribution in [0.1, 0.15) is 27.3 Å². The molecular weight excluding hydrogens is 383 g/mol. The first-order chi connectivity index (χ1) is 12.8. The first kappa shape index (κ1) is 18.9. The summed E-state index contributed by atoms with van der Waals surface area (Å²) < 4.78 is 44.7. The van der Waals surface area contributed by atoms with Crippen molar-refractivity contribution in [2.45, 2.75) is 19.7 Å². The summed E-state index contributed by atoms with van der Waals surface area (Å²) in [6.45, 7) is 1.32. The van der Waals surface area contributed by atoms with E-state index in [1.54, 1.807) is 31.2 Å². The minimum Gasteiger partial charge on any atom is -0.456 e. The van der Waals surface area contributed by atoms with Crippen LogP contribution in [0.25, 0.3) is 5.69 Å². The summed E-state index contributed by atoms with van der Waals surface area (Å²) in [5, 5.41) is 8.27. The Kier molecular flexibility index (Phi) is 5.18. The Bertz CT molecular complexity index is 969. The van der Waals surface area contributed by atoms with Crippen molar-refractivity contribution in [3.8, 4) is 5.69 Å². The van der Waals surface area contributed by atoms with Crippen LogP contribution in [0.4, 0.5) is 13.2 Å². The van der Waals surface area contributed by atoms with Gasteiger partial charge < -0.3 is 4.74 Å². The van der Waals surface area contributed by atoms with Gasteiger partial charge in [-0.1, -0.05) is 28.9 Å². The lowest BCUT2D eigenvalue weighted by Gasteiger charge is -2.09. The van der Waals surface area contributed by atoms with Gasteiger partial charge in [-0.15, -0.1) is 5.10 Å². The van der Waals surface area contributed by atoms with Gasteiger partial charge in [0.15, 0.2) is 5.69 Å². The van der Waals surface area contributed by atoms with E-state index >= 15 is 0 Å². The Hall–Kier alpha value is -2.87. The molecule has 0 fully saturated rings. The Labute approximate surface area is 157 Å². The zero-order valence-corrected chi connectivity index (χ0v) is 14.8. The van der Waals surface area contributed by atoms with E-state index in [1.165, 1.54) is 16.8 Å². The maximum atomic E-state index is 12.7. The van der Waals surface area contributed by atoms with Crippen LogP contribution < -0.4 is 0 Å². The van der Waals surface area contributed by atoms with Crippen LogP contribution in [0, 0.1) is 6.92 Å². The molecule has 27 heavy (non-hydrogen) atoms. The third-order valence-electron chi connectivity index (χ3n) is 3.78. The van der Waals surface area contributed by atoms with Crippen LogP contribution in [-0.2, 0) is 17.5 Å². The highest BCUT2D eigenvalue weighted by molar-refractivity contribution is 6.30. The molecule has 0 aliphatic carbocycles. The molecular formula is C18H13ClF3N3O2. The summed E-state index contributed by atoms with van der Waals surface area (Å²) in [6, 6.07) is 11.3. The molecule has 1 heterocycles. The van der Waals surface area contributed by atoms with E-state index < -0.39 is 17.7 Å². The van der Waals surface area contributed by atoms with Crippen LogP contribution in [0.3, 0.4) is 0 Å². The Morgan fingerprint density at radius 3 is 2.56 bits per heavy atom. The minimum atomic E-state index is -4.46. The number of carbonyl (C=O) groups excluding carboxylic acids is 1. The molecule has 1 aromatic heterocycles. The van der Waals surface area contributed by atoms with E-state index in [0.717, 1.165) is 12.1 Å². The third-order valence-corrected chi connectivity index (χ3v) is 4.04. The van der Waals surface area contributed by atoms with E-state index in [1.807, 2.05) is 0 Å². The average molecular weight is 396 g/mol. The van der Waals surface area contributed by atoms with Crippen molar-refractivity contribution < 1.29 is 22.7 Å². The standard InChI is InChI=1S/C18H13ClF3N3O2/c1-11-16(23-24-25(11)15-7-5-14(19)6-8-15)17(26)27-10-12-3-2-4-13(9-12)18(20,21)22/h2-9H,10H2,1H3. The van der Waals surface area contributed by atoms with Crippen molar-refractivity contribution in [1.29, 1.82) is 0 Å². The maximum absolute atomic E-state index is 12.7. The van der Waals surface area contributed by atoms with Crippen LogP contribution in [0.5, 0.6) is 0 Å². The van der Waals surface area contributed by atoms with Crippen LogP contribution in [0.15, 0.2) is 48.5 Å². The second kappa shape index (κ2) is 7.40. The number of alkyl halides is 3. The minimum absolute atomic E-state index is 0.0167. The quantitative estimate of drug-likeness (QED) is 0.605. The fraction of sp³-hybridized carbons (Fsp3) is 0.167. The van der Waals surface area contributed by atoms with Gasteiger partial charge in [0.05, 0.1) is 16.9 Å². The van der Waals surface area contributed by atoms with Gasteiger partial charge in [-0.25, -0.2) is 9.48 Å². The van der Waals surface area contributed by atoms with Gasteiger partial charge in [0.25, 0.3) is 0 Å². The summed E-state index contributed by atoms with van der Waals surface area (Å²) in [4.78, 5) is 12.2. The van der Waals surface area contributed by atoms with Crippen molar-refractivity contribution in [2.75, 3.05) is 0 Å². The maximum Gasteiger partial charge on any atom is 0.416 e. The van der Waals surface area contributed by atoms with Gasteiger partial charge >= 0.3 is 12.1 Å². The SMILES string of the molecule is Cc1c(C(=O)OCc2cccc(C(F)(F)F)c2)nnn1-c1ccc(Cl)cc1. The van der Waals surface area contributed by atoms with Crippen molar-refractivity contribution in [2.24, 2.45) is 0 Å². The predicted octanol–water partition coefficient (Wildman–Crippen LogP) is 4.60. The molecule has 0 saturated carbocycles. The first-order valence-electron chi connectivity index (χ1n) is 7.77. The number of ether oxygens (including phenoxy) is 1. The predicted molar refractivity (Wildman–Crippen MR) is 91.7 cm³/mol. The molecule has 9 heteroatoms. The number of hydrogen-bond donors (Lipinski definition) is 0. The highest BCUT2D eigenvalue weighted by Crippen LogP contribution is 2.29. The zero-order valence-electron chi connectivity index (χ0n) is 14.0. The number of benzene rings is 2. The van der Waals surface area contributed by atoms with Crippen molar-refractivity contribution in [3.63, 3.8) is 0 Å². The normalized spacial score (nSPS) is 11.4. The molecule has 0 radical (unpaired) electrons. The smallest absolute Gasteiger partial charge is 0.416 e. The Balaban J connectivity index is 1.73. The van der Waals surface area contributed by atoms with Gasteiger partial charge in [-0.3, -0.25) is 0 Å². The van der Waals surface area contributed by atoms with Gasteiger partial charge in [0.2, 0.25) is 0 Å². The average Bonchev–Trinajstić information content (AvgIpc) is 3.01. The van der Waals surface area contributed by atoms with Crippen LogP contribution in [0.2, 0.25) is 5.02 Å². The van der Waals surface area contributed by atoms with E-state index in [9.17, 15) is 18.0 Å². The summed E-state index contributed by atoms with van der Waals surface area (Å²) in [5.74, 6) is -0.773. The molecule has 0 aliphatic rings. The molecule has 2 aromatic carbocycles. The number of hydrogen-bond acceptors (Lipinski definition) is 4. The lowest BCUT2D eigenvalue weighted by atomic mass is 10.1. The Morgan fingerprint density at radius 1 is 1.19 bits per heavy atom. The van der Waals surface area contributed by atoms with E-state index in [-0.39, 0.29) is 17.9 Å². The Morgan fingerprint density at radius 2 is 1.89 bits per heavy atom. The summed E-state index contributed by atoms with van der Waals surface area (Å²) in [7, 11) is 0. The van der Waals surface area contributed by atoms with Gasteiger partial charge in [0, 0.05) is 5.02 Å². The van der Waals surface area contributed by atoms with Crippen molar-refractivity contribution in [3.05, 3.63) is 76.1 Å². The van der Waals surface area contributed by atoms with Crippen LogP contribution in [-0.4, -0.2) is 21.0 Å². The summed E-state index contributed by atoms with van der Waals surface area (Å²) in [5.41, 5.74) is 0.492. The van der Waals surface area contributed by atoms with Crippen molar-refractivity contribution in [1.82, 2.24) is 15.0 Å². The van der Waals surface area contributed by atoms with Gasteiger partial charge in [-0.2, -0.15) is 13.2 Å². The molecule has 140 valence electrons. The molecule has 3 aromatic rings. The lowest BCUT2D eigenvalue weighted by molar-refractivity contribution is -0.137. The fourth-order valence-corrected chi connectivity index (χ4v) is 2.53. The molecule has 0 atom stereocenters. The van der Waals surface area contributed by atoms with Crippen molar-refractivity contribution >= 4 is 17.6 Å². The monoisotopic (exact) mass is 395 g/mol. The molecule has 5 nitrogen and oxygen atoms in total. The zero-order chi connectivity index (χ0) is 19.6. The molecule has 0 saturated heterocycles. The summed E-state index contributed by atoms with van der Waals surface area (Å²) >= 11 is 5.84. The fourth-order valence-electron chi connectivity index (χ4n) is 2.40. The molecule has 0 N–H and O–H groups in total. The number of esters is 1. The molecule has 0 aliphatic heterocycles. The highest BCUT2D eigenvalue weighted by atomic mass is 35.5. The topological polar surface area (TPSA) is 57.0 Å². The summed E-state index contributed by atoms with van der Waals surface area (Å²) in [6.07, 6.45) is -4.46. The highest BCUT2D eigenvalue weighted by Gasteiger charge is 2.30. The largest absolute Gasteiger partial charge is 0.456 e. The molecule has 0 spiro atoms. The number of rotatable bonds is 4. The number of halogens is 4. The molecule has 0 amide bonds. The molecule has 0 unspecified atom stereocenters. The third kappa shape index (κ3) is 4.28. The second-order valence-corrected chi connectivity index (χ2v) is 6.12.